The number of anilines is 2. The minimum absolute atomic E-state index is 0.0936. The van der Waals surface area contributed by atoms with Crippen LogP contribution in [0.4, 0.5) is 24.9 Å². The van der Waals surface area contributed by atoms with E-state index in [0.29, 0.717) is 18.8 Å². The number of alkyl halides is 3. The first kappa shape index (κ1) is 14.8. The van der Waals surface area contributed by atoms with Gasteiger partial charge in [-0.25, -0.2) is 10.8 Å². The van der Waals surface area contributed by atoms with Gasteiger partial charge in [-0.05, 0) is 24.3 Å². The number of hydrogen-bond acceptors (Lipinski definition) is 6. The van der Waals surface area contributed by atoms with E-state index in [4.69, 9.17) is 5.84 Å². The lowest BCUT2D eigenvalue weighted by Crippen LogP contribution is -2.13. The zero-order valence-corrected chi connectivity index (χ0v) is 11.3. The molecule has 0 atom stereocenters. The van der Waals surface area contributed by atoms with Crippen molar-refractivity contribution in [3.8, 4) is 0 Å². The van der Waals surface area contributed by atoms with Crippen LogP contribution in [0, 0.1) is 0 Å². The Kier molecular flexibility index (Phi) is 4.61. The lowest BCUT2D eigenvalue weighted by molar-refractivity contribution is -0.135. The highest BCUT2D eigenvalue weighted by Crippen LogP contribution is 2.26. The molecule has 2 rings (SSSR count). The van der Waals surface area contributed by atoms with Crippen molar-refractivity contribution in [3.63, 3.8) is 0 Å². The van der Waals surface area contributed by atoms with E-state index in [-0.39, 0.29) is 12.4 Å². The van der Waals surface area contributed by atoms with Crippen molar-refractivity contribution in [2.24, 2.45) is 5.84 Å². The van der Waals surface area contributed by atoms with Crippen LogP contribution in [0.1, 0.15) is 19.3 Å². The van der Waals surface area contributed by atoms with Crippen molar-refractivity contribution in [1.29, 1.82) is 0 Å². The highest BCUT2D eigenvalue weighted by atomic mass is 32.1. The second-order valence-corrected chi connectivity index (χ2v) is 5.07. The number of fused-ring (bicyclic) bond motifs is 1. The maximum atomic E-state index is 12.0. The molecule has 0 bridgehead atoms. The Morgan fingerprint density at radius 1 is 1.25 bits per heavy atom. The van der Waals surface area contributed by atoms with Crippen molar-refractivity contribution in [1.82, 2.24) is 9.97 Å². The molecule has 0 fully saturated rings. The first-order chi connectivity index (χ1) is 9.49. The number of unbranched alkanes of at least 4 members (excludes halogenated alkanes) is 1. The van der Waals surface area contributed by atoms with Gasteiger partial charge in [0.05, 0.1) is 5.39 Å². The third kappa shape index (κ3) is 3.94. The highest BCUT2D eigenvalue weighted by Gasteiger charge is 2.25. The number of thiophene rings is 1. The van der Waals surface area contributed by atoms with Gasteiger partial charge in [0.25, 0.3) is 0 Å². The summed E-state index contributed by atoms with van der Waals surface area (Å²) in [6.07, 6.45) is -4.34. The third-order valence-corrected chi connectivity index (χ3v) is 3.44. The van der Waals surface area contributed by atoms with Crippen LogP contribution in [-0.2, 0) is 0 Å². The standard InChI is InChI=1S/C11H14F3N5S/c12-11(13,14)4-1-2-5-16-8-7-3-6-20-9(7)18-10(17-8)19-15/h3,6H,1-2,4-5,15H2,(H2,16,17,18,19). The minimum atomic E-state index is -4.09. The number of halogens is 3. The summed E-state index contributed by atoms with van der Waals surface area (Å²) >= 11 is 1.44. The lowest BCUT2D eigenvalue weighted by Gasteiger charge is -2.09. The fourth-order valence-electron chi connectivity index (χ4n) is 1.71. The number of nitrogens with one attached hydrogen (secondary N) is 2. The number of aromatic nitrogens is 2. The van der Waals surface area contributed by atoms with Crippen LogP contribution in [0.25, 0.3) is 10.2 Å². The quantitative estimate of drug-likeness (QED) is 0.434. The van der Waals surface area contributed by atoms with Crippen molar-refractivity contribution < 1.29 is 13.2 Å². The second kappa shape index (κ2) is 6.23. The predicted molar refractivity (Wildman–Crippen MR) is 73.6 cm³/mol. The Labute approximate surface area is 117 Å². The molecular weight excluding hydrogens is 291 g/mol. The van der Waals surface area contributed by atoms with Crippen molar-refractivity contribution in [3.05, 3.63) is 11.4 Å². The van der Waals surface area contributed by atoms with Gasteiger partial charge in [-0.3, -0.25) is 5.43 Å². The molecule has 0 aliphatic carbocycles. The summed E-state index contributed by atoms with van der Waals surface area (Å²) in [4.78, 5) is 9.11. The summed E-state index contributed by atoms with van der Waals surface area (Å²) in [5.74, 6) is 6.14. The number of rotatable bonds is 6. The van der Waals surface area contributed by atoms with Crippen LogP contribution in [-0.4, -0.2) is 22.7 Å². The molecule has 5 nitrogen and oxygen atoms in total. The Balaban J connectivity index is 1.94. The van der Waals surface area contributed by atoms with Gasteiger partial charge >= 0.3 is 6.18 Å². The van der Waals surface area contributed by atoms with E-state index >= 15 is 0 Å². The molecule has 0 saturated carbocycles. The fraction of sp³-hybridized carbons (Fsp3) is 0.455. The summed E-state index contributed by atoms with van der Waals surface area (Å²) in [5, 5.41) is 5.73. The Morgan fingerprint density at radius 3 is 2.75 bits per heavy atom. The summed E-state index contributed by atoms with van der Waals surface area (Å²) in [6.45, 7) is 0.419. The zero-order valence-electron chi connectivity index (χ0n) is 10.5. The summed E-state index contributed by atoms with van der Waals surface area (Å²) in [5.41, 5.74) is 2.37. The van der Waals surface area contributed by atoms with Gasteiger partial charge in [0.2, 0.25) is 5.95 Å². The lowest BCUT2D eigenvalue weighted by atomic mass is 10.2. The molecule has 20 heavy (non-hydrogen) atoms. The summed E-state index contributed by atoms with van der Waals surface area (Å²) in [6, 6.07) is 1.86. The van der Waals surface area contributed by atoms with Crippen LogP contribution < -0.4 is 16.6 Å². The summed E-state index contributed by atoms with van der Waals surface area (Å²) in [7, 11) is 0. The molecule has 2 aromatic rings. The van der Waals surface area contributed by atoms with Crippen molar-refractivity contribution in [2.75, 3.05) is 17.3 Å². The van der Waals surface area contributed by atoms with Crippen LogP contribution in [0.15, 0.2) is 11.4 Å². The molecular formula is C11H14F3N5S. The number of hydrazine groups is 1. The predicted octanol–water partition coefficient (Wildman–Crippen LogP) is 3.12. The van der Waals surface area contributed by atoms with E-state index in [0.717, 1.165) is 10.2 Å². The largest absolute Gasteiger partial charge is 0.389 e. The molecule has 2 heterocycles. The summed E-state index contributed by atoms with van der Waals surface area (Å²) < 4.78 is 36.0. The first-order valence-electron chi connectivity index (χ1n) is 6.02. The molecule has 110 valence electrons. The molecule has 4 N–H and O–H groups in total. The van der Waals surface area contributed by atoms with Crippen molar-refractivity contribution in [2.45, 2.75) is 25.4 Å². The fourth-order valence-corrected chi connectivity index (χ4v) is 2.48. The van der Waals surface area contributed by atoms with E-state index in [2.05, 4.69) is 20.7 Å². The Hall–Kier alpha value is -1.61. The maximum Gasteiger partial charge on any atom is 0.389 e. The van der Waals surface area contributed by atoms with E-state index < -0.39 is 12.6 Å². The van der Waals surface area contributed by atoms with Crippen LogP contribution >= 0.6 is 11.3 Å². The average molecular weight is 305 g/mol. The Morgan fingerprint density at radius 2 is 2.05 bits per heavy atom. The smallest absolute Gasteiger partial charge is 0.369 e. The molecule has 0 unspecified atom stereocenters. The van der Waals surface area contributed by atoms with E-state index in [1.165, 1.54) is 11.3 Å². The van der Waals surface area contributed by atoms with Gasteiger partial charge in [0, 0.05) is 13.0 Å². The van der Waals surface area contributed by atoms with Gasteiger partial charge in [-0.15, -0.1) is 11.3 Å². The molecule has 2 aromatic heterocycles. The molecule has 0 aliphatic rings. The maximum absolute atomic E-state index is 12.0. The van der Waals surface area contributed by atoms with Gasteiger partial charge < -0.3 is 5.32 Å². The van der Waals surface area contributed by atoms with E-state index in [1.54, 1.807) is 0 Å². The van der Waals surface area contributed by atoms with Crippen LogP contribution in [0.2, 0.25) is 0 Å². The molecule has 0 spiro atoms. The number of nitrogen functional groups attached to an aromatic ring is 1. The number of nitrogens with two attached hydrogens (primary N) is 1. The molecule has 0 aromatic carbocycles. The number of nitrogens with zero attached hydrogens (tertiary/aromatic N) is 2. The van der Waals surface area contributed by atoms with Crippen molar-refractivity contribution >= 4 is 33.3 Å². The molecule has 9 heteroatoms. The van der Waals surface area contributed by atoms with Gasteiger partial charge in [0.1, 0.15) is 10.6 Å². The first-order valence-corrected chi connectivity index (χ1v) is 6.90. The zero-order chi connectivity index (χ0) is 14.6. The molecule has 0 radical (unpaired) electrons. The average Bonchev–Trinajstić information content (AvgIpc) is 2.84. The van der Waals surface area contributed by atoms with E-state index in [1.807, 2.05) is 11.4 Å². The van der Waals surface area contributed by atoms with Gasteiger partial charge in [0.15, 0.2) is 0 Å². The Bertz CT molecular complexity index is 569. The minimum Gasteiger partial charge on any atom is -0.369 e. The third-order valence-electron chi connectivity index (χ3n) is 2.63. The normalized spacial score (nSPS) is 11.8. The second-order valence-electron chi connectivity index (χ2n) is 4.18. The molecule has 0 saturated heterocycles. The monoisotopic (exact) mass is 305 g/mol. The van der Waals surface area contributed by atoms with Gasteiger partial charge in [-0.1, -0.05) is 0 Å². The molecule has 0 aliphatic heterocycles. The SMILES string of the molecule is NNc1nc(NCCCCC(F)(F)F)c2ccsc2n1. The van der Waals surface area contributed by atoms with Gasteiger partial charge in [-0.2, -0.15) is 18.2 Å². The molecule has 0 amide bonds. The highest BCUT2D eigenvalue weighted by molar-refractivity contribution is 7.16. The topological polar surface area (TPSA) is 75.9 Å². The van der Waals surface area contributed by atoms with Crippen LogP contribution in [0.5, 0.6) is 0 Å². The van der Waals surface area contributed by atoms with Crippen LogP contribution in [0.3, 0.4) is 0 Å². The van der Waals surface area contributed by atoms with E-state index in [9.17, 15) is 13.2 Å². The number of hydrogen-bond donors (Lipinski definition) is 3.